The molecule has 14 heavy (non-hydrogen) atoms. The summed E-state index contributed by atoms with van der Waals surface area (Å²) in [6, 6.07) is 0. The Balaban J connectivity index is -0.0000000482. The Morgan fingerprint density at radius 2 is 0.500 bits per heavy atom. The van der Waals surface area contributed by atoms with Gasteiger partial charge in [0.15, 0.2) is 0 Å². The predicted molar refractivity (Wildman–Crippen MR) is 81.7 cm³/mol. The van der Waals surface area contributed by atoms with Crippen LogP contribution < -0.4 is 0 Å². The van der Waals surface area contributed by atoms with E-state index in [-0.39, 0.29) is 42.3 Å². The summed E-state index contributed by atoms with van der Waals surface area (Å²) in [5.41, 5.74) is 0. The van der Waals surface area contributed by atoms with Crippen molar-refractivity contribution in [2.24, 2.45) is 0 Å². The van der Waals surface area contributed by atoms with Crippen LogP contribution in [0.15, 0.2) is 0 Å². The first-order valence-electron chi connectivity index (χ1n) is 5.00. The third-order valence-electron chi connectivity index (χ3n) is 0. The second-order valence-corrected chi connectivity index (χ2v) is 26.8. The molecule has 0 N–H and O–H groups in total. The number of hydrogen-bond donors (Lipinski definition) is 0. The second-order valence-electron chi connectivity index (χ2n) is 4.00. The van der Waals surface area contributed by atoms with Gasteiger partial charge in [-0.1, -0.05) is 0 Å². The van der Waals surface area contributed by atoms with E-state index in [1.807, 2.05) is 0 Å². The standard InChI is InChI=1S/10CH3.4Sn/h10*1H3;;;;. The molecule has 0 spiro atoms. The van der Waals surface area contributed by atoms with Gasteiger partial charge < -0.3 is 0 Å². The summed E-state index contributed by atoms with van der Waals surface area (Å²) < 4.78 is 0. The molecule has 0 aromatic heterocycles. The van der Waals surface area contributed by atoms with Gasteiger partial charge in [-0.15, -0.1) is 0 Å². The SMILES string of the molecule is [CH3][Sn]([CH3])[CH3].[CH3][Sn]([CH3])[CH3].[CH3][Sn][CH3].[CH3][Sn][CH3]. The number of hydrogen-bond acceptors (Lipinski definition) is 0. The summed E-state index contributed by atoms with van der Waals surface area (Å²) in [5, 5.41) is 0. The van der Waals surface area contributed by atoms with E-state index in [1.165, 1.54) is 0 Å². The van der Waals surface area contributed by atoms with E-state index in [2.05, 4.69) is 49.4 Å². The molecule has 0 heterocycles. The zero-order chi connectivity index (χ0) is 12.6. The Morgan fingerprint density at radius 1 is 0.500 bits per heavy atom. The minimum atomic E-state index is -0.543. The van der Waals surface area contributed by atoms with Crippen molar-refractivity contribution < 1.29 is 0 Å². The molecule has 4 heteroatoms. The van der Waals surface area contributed by atoms with Gasteiger partial charge in [-0.2, -0.15) is 0 Å². The van der Waals surface area contributed by atoms with Crippen LogP contribution in [-0.2, 0) is 0 Å². The zero-order valence-corrected chi connectivity index (χ0v) is 23.4. The van der Waals surface area contributed by atoms with Gasteiger partial charge in [0.25, 0.3) is 0 Å². The van der Waals surface area contributed by atoms with Gasteiger partial charge in [-0.05, 0) is 0 Å². The van der Waals surface area contributed by atoms with E-state index in [0.717, 1.165) is 0 Å². The van der Waals surface area contributed by atoms with Crippen LogP contribution in [0.4, 0.5) is 0 Å². The molecule has 0 nitrogen and oxygen atoms in total. The number of rotatable bonds is 0. The molecule has 0 amide bonds. The molecule has 0 aromatic carbocycles. The van der Waals surface area contributed by atoms with Crippen molar-refractivity contribution in [3.05, 3.63) is 0 Å². The first-order valence-corrected chi connectivity index (χ1v) is 33.5. The van der Waals surface area contributed by atoms with Crippen LogP contribution in [0.25, 0.3) is 0 Å². The van der Waals surface area contributed by atoms with Crippen LogP contribution in [0.3, 0.4) is 0 Å². The first kappa shape index (κ1) is 25.9. The molecule has 0 atom stereocenters. The topological polar surface area (TPSA) is 0 Å². The molecule has 0 saturated carbocycles. The van der Waals surface area contributed by atoms with Crippen molar-refractivity contribution in [2.45, 2.75) is 49.4 Å². The molecule has 6 radical (unpaired) electrons. The van der Waals surface area contributed by atoms with Gasteiger partial charge in [0.1, 0.15) is 0 Å². The molecule has 0 saturated heterocycles. The Bertz CT molecular complexity index is 42.6. The Morgan fingerprint density at radius 3 is 0.500 bits per heavy atom. The summed E-state index contributed by atoms with van der Waals surface area (Å²) in [4.78, 5) is 23.4. The fraction of sp³-hybridized carbons (Fsp3) is 1.00. The summed E-state index contributed by atoms with van der Waals surface area (Å²) in [6.07, 6.45) is 0. The maximum absolute atomic E-state index is 2.36. The molecule has 86 valence electrons. The molecule has 0 bridgehead atoms. The van der Waals surface area contributed by atoms with Gasteiger partial charge in [0, 0.05) is 0 Å². The average Bonchev–Trinajstić information content (AvgIpc) is 1.85. The van der Waals surface area contributed by atoms with E-state index in [9.17, 15) is 0 Å². The van der Waals surface area contributed by atoms with Crippen LogP contribution >= 0.6 is 0 Å². The fourth-order valence-corrected chi connectivity index (χ4v) is 0. The first-order chi connectivity index (χ1) is 6.29. The molecule has 0 aliphatic heterocycles. The van der Waals surface area contributed by atoms with Crippen molar-refractivity contribution in [1.29, 1.82) is 0 Å². The summed E-state index contributed by atoms with van der Waals surface area (Å²) in [5.74, 6) is 0. The Hall–Kier alpha value is 3.19. The van der Waals surface area contributed by atoms with Crippen LogP contribution in [-0.4, -0.2) is 81.8 Å². The van der Waals surface area contributed by atoms with Gasteiger partial charge in [-0.3, -0.25) is 0 Å². The maximum atomic E-state index is 2.36. The monoisotopic (exact) mass is 630 g/mol. The zero-order valence-electron chi connectivity index (χ0n) is 12.0. The van der Waals surface area contributed by atoms with Crippen LogP contribution in [0.1, 0.15) is 0 Å². The fourth-order valence-electron chi connectivity index (χ4n) is 0. The molecule has 0 fully saturated rings. The van der Waals surface area contributed by atoms with Crippen LogP contribution in [0.2, 0.25) is 49.4 Å². The van der Waals surface area contributed by atoms with Gasteiger partial charge >= 0.3 is 131 Å². The normalized spacial score (nSPS) is 7.71. The summed E-state index contributed by atoms with van der Waals surface area (Å²) in [6.45, 7) is 0. The third kappa shape index (κ3) is 300. The molecule has 0 unspecified atom stereocenters. The molecular weight excluding hydrogens is 595 g/mol. The molecular formula is C10H30Sn4. The van der Waals surface area contributed by atoms with Crippen LogP contribution in [0.5, 0.6) is 0 Å². The molecule has 0 rings (SSSR count). The van der Waals surface area contributed by atoms with E-state index in [4.69, 9.17) is 0 Å². The van der Waals surface area contributed by atoms with E-state index in [1.54, 1.807) is 0 Å². The summed E-state index contributed by atoms with van der Waals surface area (Å²) in [7, 11) is 0. The molecule has 0 aliphatic rings. The van der Waals surface area contributed by atoms with Gasteiger partial charge in [-0.25, -0.2) is 0 Å². The molecule has 0 aliphatic carbocycles. The van der Waals surface area contributed by atoms with Crippen molar-refractivity contribution in [3.63, 3.8) is 0 Å². The van der Waals surface area contributed by atoms with Crippen LogP contribution in [0, 0.1) is 0 Å². The Labute approximate surface area is 129 Å². The van der Waals surface area contributed by atoms with Crippen molar-refractivity contribution >= 4 is 81.8 Å². The molecule has 0 aromatic rings. The Kier molecular flexibility index (Phi) is 55.2. The van der Waals surface area contributed by atoms with Crippen molar-refractivity contribution in [2.75, 3.05) is 0 Å². The minimum absolute atomic E-state index is 0.230. The van der Waals surface area contributed by atoms with E-state index >= 15 is 0 Å². The summed E-state index contributed by atoms with van der Waals surface area (Å²) >= 11 is -0.627. The van der Waals surface area contributed by atoms with Crippen molar-refractivity contribution in [1.82, 2.24) is 0 Å². The average molecular weight is 625 g/mol. The van der Waals surface area contributed by atoms with E-state index in [0.29, 0.717) is 0 Å². The van der Waals surface area contributed by atoms with E-state index < -0.39 is 39.5 Å². The predicted octanol–water partition coefficient (Wildman–Crippen LogP) is 4.31. The van der Waals surface area contributed by atoms with Crippen molar-refractivity contribution in [3.8, 4) is 0 Å². The van der Waals surface area contributed by atoms with Gasteiger partial charge in [0.05, 0.1) is 0 Å². The quantitative estimate of drug-likeness (QED) is 0.353. The second kappa shape index (κ2) is 29.8. The third-order valence-corrected chi connectivity index (χ3v) is 0. The van der Waals surface area contributed by atoms with Gasteiger partial charge in [0.2, 0.25) is 0 Å².